The van der Waals surface area contributed by atoms with Crippen LogP contribution < -0.4 is 25.8 Å². The van der Waals surface area contributed by atoms with E-state index in [4.69, 9.17) is 15.2 Å². The molecule has 0 spiro atoms. The molecule has 1 amide bonds. The van der Waals surface area contributed by atoms with E-state index in [2.05, 4.69) is 41.5 Å². The standard InChI is InChI=1S/C20H21BrFN5O4/c1-29-16-7-6-14(21)13(18(16)30-11-12-4-2-3-5-15(12)22)10-24-8-9-25-20(28)17-19(23)27-31-26-17/h2-7,24H,8-11H2,1H3,(H2,23,27)(H,25,28). The predicted octanol–water partition coefficient (Wildman–Crippen LogP) is 2.66. The van der Waals surface area contributed by atoms with Gasteiger partial charge in [0, 0.05) is 35.2 Å². The first-order chi connectivity index (χ1) is 15.0. The molecule has 1 aromatic heterocycles. The Kier molecular flexibility index (Phi) is 7.79. The van der Waals surface area contributed by atoms with Gasteiger partial charge in [-0.15, -0.1) is 0 Å². The lowest BCUT2D eigenvalue weighted by atomic mass is 10.1. The van der Waals surface area contributed by atoms with Gasteiger partial charge in [-0.2, -0.15) is 0 Å². The van der Waals surface area contributed by atoms with E-state index in [1.165, 1.54) is 13.2 Å². The number of anilines is 1. The van der Waals surface area contributed by atoms with Crippen LogP contribution in [0.15, 0.2) is 45.5 Å². The number of ether oxygens (including phenoxy) is 2. The Morgan fingerprint density at radius 1 is 1.23 bits per heavy atom. The SMILES string of the molecule is COc1ccc(Br)c(CNCCNC(=O)c2nonc2N)c1OCc1ccccc1F. The molecule has 0 fully saturated rings. The van der Waals surface area contributed by atoms with Gasteiger partial charge >= 0.3 is 0 Å². The smallest absolute Gasteiger partial charge is 0.277 e. The van der Waals surface area contributed by atoms with Crippen molar-refractivity contribution in [3.63, 3.8) is 0 Å². The number of halogens is 2. The molecule has 1 heterocycles. The summed E-state index contributed by atoms with van der Waals surface area (Å²) >= 11 is 3.52. The highest BCUT2D eigenvalue weighted by Crippen LogP contribution is 2.36. The van der Waals surface area contributed by atoms with Gasteiger partial charge in [-0.25, -0.2) is 9.02 Å². The lowest BCUT2D eigenvalue weighted by molar-refractivity contribution is 0.0944. The van der Waals surface area contributed by atoms with Gasteiger partial charge in [0.05, 0.1) is 7.11 Å². The van der Waals surface area contributed by atoms with Gasteiger partial charge in [0.25, 0.3) is 5.91 Å². The van der Waals surface area contributed by atoms with E-state index in [9.17, 15) is 9.18 Å². The number of nitrogens with one attached hydrogen (secondary N) is 2. The van der Waals surface area contributed by atoms with E-state index >= 15 is 0 Å². The summed E-state index contributed by atoms with van der Waals surface area (Å²) in [6.07, 6.45) is 0. The number of aromatic nitrogens is 2. The van der Waals surface area contributed by atoms with Gasteiger partial charge < -0.3 is 25.8 Å². The first-order valence-corrected chi connectivity index (χ1v) is 10.1. The minimum absolute atomic E-state index is 0.0513. The van der Waals surface area contributed by atoms with Crippen LogP contribution in [0.25, 0.3) is 0 Å². The maximum atomic E-state index is 13.9. The zero-order chi connectivity index (χ0) is 22.2. The number of rotatable bonds is 10. The van der Waals surface area contributed by atoms with Crippen LogP contribution in [0.1, 0.15) is 21.6 Å². The Labute approximate surface area is 186 Å². The lowest BCUT2D eigenvalue weighted by Crippen LogP contribution is -2.32. The van der Waals surface area contributed by atoms with E-state index in [1.807, 2.05) is 6.07 Å². The summed E-state index contributed by atoms with van der Waals surface area (Å²) in [6, 6.07) is 10.0. The number of methoxy groups -OCH3 is 1. The first-order valence-electron chi connectivity index (χ1n) is 9.29. The molecule has 2 aromatic carbocycles. The average molecular weight is 494 g/mol. The van der Waals surface area contributed by atoms with Crippen molar-refractivity contribution < 1.29 is 23.3 Å². The fraction of sp³-hybridized carbons (Fsp3) is 0.250. The van der Waals surface area contributed by atoms with Gasteiger partial charge in [0.1, 0.15) is 12.4 Å². The number of nitrogen functional groups attached to an aromatic ring is 1. The highest BCUT2D eigenvalue weighted by Gasteiger charge is 2.17. The van der Waals surface area contributed by atoms with Crippen LogP contribution in [0.5, 0.6) is 11.5 Å². The number of carbonyl (C=O) groups excluding carboxylic acids is 1. The Morgan fingerprint density at radius 3 is 2.74 bits per heavy atom. The summed E-state index contributed by atoms with van der Waals surface area (Å²) in [5.74, 6) is 0.144. The number of nitrogens with zero attached hydrogens (tertiary/aromatic N) is 2. The topological polar surface area (TPSA) is 125 Å². The van der Waals surface area contributed by atoms with Crippen LogP contribution in [0.2, 0.25) is 0 Å². The minimum Gasteiger partial charge on any atom is -0.493 e. The fourth-order valence-electron chi connectivity index (χ4n) is 2.75. The molecule has 0 bridgehead atoms. The van der Waals surface area contributed by atoms with Gasteiger partial charge in [-0.05, 0) is 28.5 Å². The van der Waals surface area contributed by atoms with Crippen LogP contribution in [-0.2, 0) is 13.2 Å². The fourth-order valence-corrected chi connectivity index (χ4v) is 3.20. The number of hydrogen-bond acceptors (Lipinski definition) is 8. The van der Waals surface area contributed by atoms with Crippen LogP contribution in [0.3, 0.4) is 0 Å². The lowest BCUT2D eigenvalue weighted by Gasteiger charge is -2.17. The van der Waals surface area contributed by atoms with E-state index in [1.54, 1.807) is 24.3 Å². The molecular weight excluding hydrogens is 473 g/mol. The largest absolute Gasteiger partial charge is 0.493 e. The summed E-state index contributed by atoms with van der Waals surface area (Å²) in [5.41, 5.74) is 6.67. The van der Waals surface area contributed by atoms with Crippen molar-refractivity contribution in [1.29, 1.82) is 0 Å². The van der Waals surface area contributed by atoms with Gasteiger partial charge in [0.15, 0.2) is 11.5 Å². The van der Waals surface area contributed by atoms with Crippen molar-refractivity contribution in [3.8, 4) is 11.5 Å². The molecule has 0 saturated carbocycles. The Hall–Kier alpha value is -3.18. The number of nitrogens with two attached hydrogens (primary N) is 1. The van der Waals surface area contributed by atoms with Gasteiger partial charge in [-0.3, -0.25) is 4.79 Å². The van der Waals surface area contributed by atoms with Crippen molar-refractivity contribution in [2.45, 2.75) is 13.2 Å². The summed E-state index contributed by atoms with van der Waals surface area (Å²) in [6.45, 7) is 1.23. The highest BCUT2D eigenvalue weighted by atomic mass is 79.9. The van der Waals surface area contributed by atoms with E-state index < -0.39 is 5.91 Å². The van der Waals surface area contributed by atoms with Crippen molar-refractivity contribution in [2.24, 2.45) is 0 Å². The number of amides is 1. The second kappa shape index (κ2) is 10.7. The van der Waals surface area contributed by atoms with Gasteiger partial charge in [0.2, 0.25) is 11.5 Å². The van der Waals surface area contributed by atoms with Crippen LogP contribution in [0.4, 0.5) is 10.2 Å². The molecule has 31 heavy (non-hydrogen) atoms. The molecule has 0 aliphatic carbocycles. The molecule has 4 N–H and O–H groups in total. The summed E-state index contributed by atoms with van der Waals surface area (Å²) in [5, 5.41) is 12.7. The Morgan fingerprint density at radius 2 is 2.03 bits per heavy atom. The van der Waals surface area contributed by atoms with Crippen molar-refractivity contribution >= 4 is 27.7 Å². The third-order valence-corrected chi connectivity index (χ3v) is 5.08. The number of hydrogen-bond donors (Lipinski definition) is 3. The normalized spacial score (nSPS) is 10.7. The third kappa shape index (κ3) is 5.70. The van der Waals surface area contributed by atoms with E-state index in [0.29, 0.717) is 36.7 Å². The molecule has 0 unspecified atom stereocenters. The second-order valence-corrected chi connectivity index (χ2v) is 7.22. The van der Waals surface area contributed by atoms with Crippen molar-refractivity contribution in [3.05, 3.63) is 63.5 Å². The minimum atomic E-state index is -0.475. The maximum Gasteiger partial charge on any atom is 0.277 e. The van der Waals surface area contributed by atoms with Crippen LogP contribution in [-0.4, -0.2) is 36.4 Å². The summed E-state index contributed by atoms with van der Waals surface area (Å²) in [4.78, 5) is 11.9. The third-order valence-electron chi connectivity index (χ3n) is 4.34. The highest BCUT2D eigenvalue weighted by molar-refractivity contribution is 9.10. The van der Waals surface area contributed by atoms with Gasteiger partial charge in [-0.1, -0.05) is 34.1 Å². The summed E-state index contributed by atoms with van der Waals surface area (Å²) < 4.78 is 30.5. The molecule has 0 saturated heterocycles. The molecular formula is C20H21BrFN5O4. The Bertz CT molecular complexity index is 1050. The van der Waals surface area contributed by atoms with Crippen LogP contribution in [0, 0.1) is 5.82 Å². The molecule has 0 aliphatic heterocycles. The first kappa shape index (κ1) is 22.5. The number of carbonyl (C=O) groups is 1. The molecule has 0 atom stereocenters. The second-order valence-electron chi connectivity index (χ2n) is 6.37. The molecule has 3 rings (SSSR count). The molecule has 9 nitrogen and oxygen atoms in total. The van der Waals surface area contributed by atoms with E-state index in [0.717, 1.165) is 10.0 Å². The molecule has 0 aliphatic rings. The molecule has 164 valence electrons. The number of benzene rings is 2. The van der Waals surface area contributed by atoms with Crippen molar-refractivity contribution in [1.82, 2.24) is 20.9 Å². The predicted molar refractivity (Wildman–Crippen MR) is 114 cm³/mol. The summed E-state index contributed by atoms with van der Waals surface area (Å²) in [7, 11) is 1.54. The van der Waals surface area contributed by atoms with Crippen molar-refractivity contribution in [2.75, 3.05) is 25.9 Å². The average Bonchev–Trinajstić information content (AvgIpc) is 3.20. The molecule has 0 radical (unpaired) electrons. The van der Waals surface area contributed by atoms with E-state index in [-0.39, 0.29) is 23.9 Å². The molecule has 11 heteroatoms. The van der Waals surface area contributed by atoms with Crippen LogP contribution >= 0.6 is 15.9 Å². The quantitative estimate of drug-likeness (QED) is 0.368. The maximum absolute atomic E-state index is 13.9. The molecule has 3 aromatic rings. The Balaban J connectivity index is 1.60. The zero-order valence-corrected chi connectivity index (χ0v) is 18.2. The monoisotopic (exact) mass is 493 g/mol. The zero-order valence-electron chi connectivity index (χ0n) is 16.7.